The van der Waals surface area contributed by atoms with E-state index in [2.05, 4.69) is 10.3 Å². The van der Waals surface area contributed by atoms with Gasteiger partial charge in [-0.15, -0.1) is 0 Å². The molecule has 1 aliphatic carbocycles. The van der Waals surface area contributed by atoms with Crippen LogP contribution in [0.2, 0.25) is 0 Å². The number of hydrogen-bond donors (Lipinski definition) is 2. The summed E-state index contributed by atoms with van der Waals surface area (Å²) in [4.78, 5) is 14.3. The highest BCUT2D eigenvalue weighted by atomic mass is 19.1. The van der Waals surface area contributed by atoms with Gasteiger partial charge in [0.1, 0.15) is 23.3 Å². The summed E-state index contributed by atoms with van der Waals surface area (Å²) in [5, 5.41) is 11.5. The second kappa shape index (κ2) is 5.16. The molecule has 1 saturated carbocycles. The molecule has 0 aromatic carbocycles. The van der Waals surface area contributed by atoms with E-state index in [0.29, 0.717) is 12.8 Å². The van der Waals surface area contributed by atoms with Crippen molar-refractivity contribution < 1.29 is 23.1 Å². The van der Waals surface area contributed by atoms with Crippen LogP contribution in [0.5, 0.6) is 0 Å². The normalized spacial score (nSPS) is 18.1. The van der Waals surface area contributed by atoms with Crippen LogP contribution >= 0.6 is 0 Å². The molecule has 7 heteroatoms. The third-order valence-electron chi connectivity index (χ3n) is 3.12. The molecule has 0 bridgehead atoms. The Labute approximate surface area is 107 Å². The summed E-state index contributed by atoms with van der Waals surface area (Å²) < 4.78 is 40.1. The monoisotopic (exact) mass is 274 g/mol. The zero-order chi connectivity index (χ0) is 14.0. The Morgan fingerprint density at radius 3 is 2.47 bits per heavy atom. The van der Waals surface area contributed by atoms with Crippen molar-refractivity contribution in [2.24, 2.45) is 0 Å². The van der Waals surface area contributed by atoms with E-state index in [9.17, 15) is 18.0 Å². The van der Waals surface area contributed by atoms with Crippen molar-refractivity contribution in [2.75, 3.05) is 6.54 Å². The number of aromatic nitrogens is 1. The molecule has 0 radical (unpaired) electrons. The number of nitrogens with zero attached hydrogens (tertiary/aromatic N) is 1. The summed E-state index contributed by atoms with van der Waals surface area (Å²) in [5.41, 5.74) is -1.73. The second-order valence-corrected chi connectivity index (χ2v) is 4.71. The van der Waals surface area contributed by atoms with Crippen LogP contribution in [0.1, 0.15) is 18.4 Å². The first-order chi connectivity index (χ1) is 8.91. The van der Waals surface area contributed by atoms with E-state index in [1.165, 1.54) is 0 Å². The maximum Gasteiger partial charge on any atom is 0.321 e. The van der Waals surface area contributed by atoms with E-state index in [1.807, 2.05) is 0 Å². The topological polar surface area (TPSA) is 62.2 Å². The molecule has 104 valence electrons. The molecule has 2 rings (SSSR count). The number of rotatable bonds is 6. The lowest BCUT2D eigenvalue weighted by Crippen LogP contribution is -2.42. The van der Waals surface area contributed by atoms with E-state index in [0.717, 1.165) is 12.4 Å². The van der Waals surface area contributed by atoms with Crippen molar-refractivity contribution in [1.29, 1.82) is 0 Å². The van der Waals surface area contributed by atoms with Gasteiger partial charge >= 0.3 is 5.97 Å². The zero-order valence-electron chi connectivity index (χ0n) is 10.00. The quantitative estimate of drug-likeness (QED) is 0.824. The minimum atomic E-state index is -1.37. The van der Waals surface area contributed by atoms with Crippen LogP contribution in [-0.2, 0) is 11.2 Å². The van der Waals surface area contributed by atoms with Gasteiger partial charge in [-0.2, -0.15) is 0 Å². The van der Waals surface area contributed by atoms with Crippen LogP contribution < -0.4 is 5.32 Å². The lowest BCUT2D eigenvalue weighted by molar-refractivity contribution is -0.139. The predicted molar refractivity (Wildman–Crippen MR) is 60.4 cm³/mol. The van der Waals surface area contributed by atoms with E-state index >= 15 is 0 Å². The molecule has 19 heavy (non-hydrogen) atoms. The van der Waals surface area contributed by atoms with Crippen molar-refractivity contribution in [2.45, 2.75) is 31.0 Å². The molecule has 0 aliphatic heterocycles. The lowest BCUT2D eigenvalue weighted by Gasteiger charge is -2.16. The first kappa shape index (κ1) is 13.8. The summed E-state index contributed by atoms with van der Waals surface area (Å²) >= 11 is 0. The molecule has 0 spiro atoms. The predicted octanol–water partition coefficient (Wildman–Crippen LogP) is 1.45. The van der Waals surface area contributed by atoms with Gasteiger partial charge in [-0.05, 0) is 12.8 Å². The van der Waals surface area contributed by atoms with Crippen molar-refractivity contribution in [1.82, 2.24) is 10.3 Å². The van der Waals surface area contributed by atoms with Gasteiger partial charge in [-0.25, -0.2) is 13.2 Å². The molecule has 0 saturated heterocycles. The van der Waals surface area contributed by atoms with Gasteiger partial charge in [0.15, 0.2) is 0 Å². The second-order valence-electron chi connectivity index (χ2n) is 4.71. The van der Waals surface area contributed by atoms with Gasteiger partial charge in [0.2, 0.25) is 0 Å². The van der Waals surface area contributed by atoms with E-state index in [1.54, 1.807) is 0 Å². The SMILES string of the molecule is O=C(O)C(Cc1c(F)cncc1F)NCC1(F)CC1. The highest BCUT2D eigenvalue weighted by molar-refractivity contribution is 5.74. The maximum atomic E-state index is 13.4. The van der Waals surface area contributed by atoms with Crippen LogP contribution in [0.4, 0.5) is 13.2 Å². The minimum Gasteiger partial charge on any atom is -0.480 e. The summed E-state index contributed by atoms with van der Waals surface area (Å²) in [6.45, 7) is -0.127. The zero-order valence-corrected chi connectivity index (χ0v) is 10.00. The summed E-state index contributed by atoms with van der Waals surface area (Å²) in [5.74, 6) is -3.09. The molecule has 1 atom stereocenters. The Morgan fingerprint density at radius 2 is 2.00 bits per heavy atom. The van der Waals surface area contributed by atoms with Gasteiger partial charge in [0.05, 0.1) is 12.4 Å². The summed E-state index contributed by atoms with van der Waals surface area (Å²) in [6, 6.07) is -1.24. The molecule has 1 heterocycles. The molecule has 4 nitrogen and oxygen atoms in total. The number of alkyl halides is 1. The van der Waals surface area contributed by atoms with Gasteiger partial charge < -0.3 is 10.4 Å². The average molecular weight is 274 g/mol. The highest BCUT2D eigenvalue weighted by Crippen LogP contribution is 2.38. The number of hydrogen-bond acceptors (Lipinski definition) is 3. The van der Waals surface area contributed by atoms with Gasteiger partial charge in [0.25, 0.3) is 0 Å². The van der Waals surface area contributed by atoms with Crippen LogP contribution in [0, 0.1) is 11.6 Å². The minimum absolute atomic E-state index is 0.127. The average Bonchev–Trinajstić information content (AvgIpc) is 3.06. The number of pyridine rings is 1. The van der Waals surface area contributed by atoms with Crippen LogP contribution in [-0.4, -0.2) is 34.3 Å². The van der Waals surface area contributed by atoms with Crippen molar-refractivity contribution >= 4 is 5.97 Å². The van der Waals surface area contributed by atoms with Crippen molar-refractivity contribution in [3.05, 3.63) is 29.6 Å². The molecule has 1 unspecified atom stereocenters. The Bertz CT molecular complexity index is 472. The number of halogens is 3. The third-order valence-corrected chi connectivity index (χ3v) is 3.12. The third kappa shape index (κ3) is 3.44. The fourth-order valence-electron chi connectivity index (χ4n) is 1.70. The molecule has 1 fully saturated rings. The van der Waals surface area contributed by atoms with Crippen molar-refractivity contribution in [3.8, 4) is 0 Å². The summed E-state index contributed by atoms with van der Waals surface area (Å²) in [7, 11) is 0. The smallest absolute Gasteiger partial charge is 0.321 e. The fraction of sp³-hybridized carbons (Fsp3) is 0.500. The standard InChI is InChI=1S/C12H13F3N2O2/c13-8-4-16-5-9(14)7(8)3-10(11(18)19)17-6-12(15)1-2-12/h4-5,10,17H,1-3,6H2,(H,18,19). The molecule has 1 aromatic heterocycles. The van der Waals surface area contributed by atoms with Crippen LogP contribution in [0.3, 0.4) is 0 Å². The first-order valence-electron chi connectivity index (χ1n) is 5.84. The van der Waals surface area contributed by atoms with Gasteiger partial charge in [-0.3, -0.25) is 9.78 Å². The molecule has 1 aromatic rings. The number of nitrogens with one attached hydrogen (secondary N) is 1. The molecule has 0 amide bonds. The maximum absolute atomic E-state index is 13.4. The fourth-order valence-corrected chi connectivity index (χ4v) is 1.70. The molecular formula is C12H13F3N2O2. The lowest BCUT2D eigenvalue weighted by atomic mass is 10.1. The van der Waals surface area contributed by atoms with Gasteiger partial charge in [0, 0.05) is 18.5 Å². The number of aliphatic carboxylic acids is 1. The molecule has 2 N–H and O–H groups in total. The van der Waals surface area contributed by atoms with Crippen molar-refractivity contribution in [3.63, 3.8) is 0 Å². The number of carboxylic acid groups (broad SMARTS) is 1. The summed E-state index contributed by atoms with van der Waals surface area (Å²) in [6.07, 6.45) is 1.99. The Kier molecular flexibility index (Phi) is 3.75. The molecular weight excluding hydrogens is 261 g/mol. The Morgan fingerprint density at radius 1 is 1.42 bits per heavy atom. The molecule has 1 aliphatic rings. The van der Waals surface area contributed by atoms with Crippen LogP contribution in [0.15, 0.2) is 12.4 Å². The van der Waals surface area contributed by atoms with E-state index in [4.69, 9.17) is 5.11 Å². The van der Waals surface area contributed by atoms with Crippen LogP contribution in [0.25, 0.3) is 0 Å². The number of carboxylic acids is 1. The Balaban J connectivity index is 2.05. The van der Waals surface area contributed by atoms with E-state index in [-0.39, 0.29) is 12.1 Å². The van der Waals surface area contributed by atoms with Gasteiger partial charge in [-0.1, -0.05) is 0 Å². The number of carbonyl (C=O) groups is 1. The first-order valence-corrected chi connectivity index (χ1v) is 5.84. The highest BCUT2D eigenvalue weighted by Gasteiger charge is 2.43. The largest absolute Gasteiger partial charge is 0.480 e. The van der Waals surface area contributed by atoms with E-state index < -0.39 is 35.7 Å². The Hall–Kier alpha value is -1.63.